The molecule has 2 aromatic carbocycles. The molecule has 20 heavy (non-hydrogen) atoms. The molecule has 2 aromatic rings. The fourth-order valence-electron chi connectivity index (χ4n) is 1.64. The van der Waals surface area contributed by atoms with Gasteiger partial charge in [0.25, 0.3) is 5.91 Å². The lowest BCUT2D eigenvalue weighted by Gasteiger charge is -2.08. The van der Waals surface area contributed by atoms with Crippen molar-refractivity contribution in [3.63, 3.8) is 0 Å². The number of carbonyl (C=O) groups excluding carboxylic acids is 1. The summed E-state index contributed by atoms with van der Waals surface area (Å²) < 4.78 is 6.55. The van der Waals surface area contributed by atoms with Gasteiger partial charge in [0, 0.05) is 10.1 Å². The molecule has 0 aliphatic heterocycles. The molecule has 0 radical (unpaired) electrons. The lowest BCUT2D eigenvalue weighted by Crippen LogP contribution is -2.28. The first kappa shape index (κ1) is 14.8. The average Bonchev–Trinajstić information content (AvgIpc) is 2.46. The lowest BCUT2D eigenvalue weighted by atomic mass is 10.1. The molecule has 0 aliphatic rings. The topological polar surface area (TPSA) is 38.3 Å². The summed E-state index contributed by atoms with van der Waals surface area (Å²) in [5.74, 6) is 0.583. The molecular weight excluding hydrogens is 365 g/mol. The Morgan fingerprint density at radius 3 is 2.40 bits per heavy atom. The molecule has 104 valence electrons. The van der Waals surface area contributed by atoms with Crippen LogP contribution in [-0.4, -0.2) is 12.5 Å². The normalized spacial score (nSPS) is 10.1. The molecule has 0 saturated carbocycles. The Labute approximate surface area is 132 Å². The van der Waals surface area contributed by atoms with E-state index in [1.54, 1.807) is 0 Å². The molecule has 0 spiro atoms. The minimum absolute atomic E-state index is 0.0342. The number of halogens is 1. The van der Waals surface area contributed by atoms with Crippen LogP contribution in [-0.2, 0) is 11.3 Å². The molecule has 0 heterocycles. The van der Waals surface area contributed by atoms with Crippen molar-refractivity contribution in [2.45, 2.75) is 13.5 Å². The second kappa shape index (κ2) is 7.28. The first-order valence-corrected chi connectivity index (χ1v) is 7.42. The molecule has 2 rings (SSSR count). The Balaban J connectivity index is 1.75. The molecule has 0 atom stereocenters. The zero-order chi connectivity index (χ0) is 14.4. The summed E-state index contributed by atoms with van der Waals surface area (Å²) in [6, 6.07) is 15.7. The summed E-state index contributed by atoms with van der Waals surface area (Å²) in [7, 11) is 0. The van der Waals surface area contributed by atoms with E-state index in [9.17, 15) is 4.79 Å². The summed E-state index contributed by atoms with van der Waals surface area (Å²) in [5.41, 5.74) is 2.29. The molecule has 4 heteroatoms. The minimum atomic E-state index is -0.121. The van der Waals surface area contributed by atoms with Gasteiger partial charge in [-0.1, -0.05) is 29.8 Å². The van der Waals surface area contributed by atoms with E-state index in [4.69, 9.17) is 4.74 Å². The Bertz CT molecular complexity index is 513. The van der Waals surface area contributed by atoms with Crippen molar-refractivity contribution in [1.82, 2.24) is 5.32 Å². The molecule has 0 aliphatic carbocycles. The highest BCUT2D eigenvalue weighted by atomic mass is 127. The fourth-order valence-corrected chi connectivity index (χ4v) is 2.00. The quantitative estimate of drug-likeness (QED) is 0.808. The van der Waals surface area contributed by atoms with Crippen molar-refractivity contribution < 1.29 is 9.53 Å². The summed E-state index contributed by atoms with van der Waals surface area (Å²) in [6.07, 6.45) is 0. The molecule has 1 amide bonds. The van der Waals surface area contributed by atoms with E-state index >= 15 is 0 Å². The maximum atomic E-state index is 11.7. The van der Waals surface area contributed by atoms with Crippen LogP contribution in [0.1, 0.15) is 11.1 Å². The van der Waals surface area contributed by atoms with Crippen LogP contribution in [0.5, 0.6) is 5.75 Å². The molecule has 0 unspecified atom stereocenters. The van der Waals surface area contributed by atoms with Gasteiger partial charge in [-0.15, -0.1) is 0 Å². The maximum absolute atomic E-state index is 11.7. The highest BCUT2D eigenvalue weighted by Crippen LogP contribution is 2.13. The van der Waals surface area contributed by atoms with Crippen LogP contribution in [0.4, 0.5) is 0 Å². The number of ether oxygens (including phenoxy) is 1. The predicted molar refractivity (Wildman–Crippen MR) is 87.7 cm³/mol. The van der Waals surface area contributed by atoms with E-state index in [0.717, 1.165) is 9.13 Å². The van der Waals surface area contributed by atoms with Crippen molar-refractivity contribution in [3.8, 4) is 5.75 Å². The highest BCUT2D eigenvalue weighted by Gasteiger charge is 2.02. The number of nitrogens with one attached hydrogen (secondary N) is 1. The van der Waals surface area contributed by atoms with Gasteiger partial charge >= 0.3 is 0 Å². The van der Waals surface area contributed by atoms with Crippen LogP contribution >= 0.6 is 22.6 Å². The van der Waals surface area contributed by atoms with Crippen molar-refractivity contribution in [2.75, 3.05) is 6.61 Å². The van der Waals surface area contributed by atoms with Gasteiger partial charge in [0.2, 0.25) is 0 Å². The second-order valence-electron chi connectivity index (χ2n) is 4.50. The number of carbonyl (C=O) groups is 1. The third-order valence-corrected chi connectivity index (χ3v) is 3.51. The first-order valence-electron chi connectivity index (χ1n) is 6.34. The molecule has 0 bridgehead atoms. The smallest absolute Gasteiger partial charge is 0.258 e. The summed E-state index contributed by atoms with van der Waals surface area (Å²) >= 11 is 2.23. The molecule has 0 aromatic heterocycles. The van der Waals surface area contributed by atoms with Gasteiger partial charge in [-0.05, 0) is 59.3 Å². The number of hydrogen-bond donors (Lipinski definition) is 1. The van der Waals surface area contributed by atoms with Crippen LogP contribution < -0.4 is 10.1 Å². The average molecular weight is 381 g/mol. The molecule has 3 nitrogen and oxygen atoms in total. The predicted octanol–water partition coefficient (Wildman–Crippen LogP) is 3.29. The van der Waals surface area contributed by atoms with E-state index < -0.39 is 0 Å². The van der Waals surface area contributed by atoms with Gasteiger partial charge < -0.3 is 10.1 Å². The molecule has 0 saturated heterocycles. The van der Waals surface area contributed by atoms with Gasteiger partial charge in [0.05, 0.1) is 0 Å². The van der Waals surface area contributed by atoms with Crippen LogP contribution in [0.15, 0.2) is 48.5 Å². The number of aryl methyl sites for hydroxylation is 1. The fraction of sp³-hybridized carbons (Fsp3) is 0.188. The van der Waals surface area contributed by atoms with Crippen molar-refractivity contribution in [2.24, 2.45) is 0 Å². The lowest BCUT2D eigenvalue weighted by molar-refractivity contribution is -0.123. The van der Waals surface area contributed by atoms with Gasteiger partial charge in [-0.25, -0.2) is 0 Å². The summed E-state index contributed by atoms with van der Waals surface area (Å²) in [4.78, 5) is 11.7. The Hall–Kier alpha value is -1.56. The third kappa shape index (κ3) is 4.85. The highest BCUT2D eigenvalue weighted by molar-refractivity contribution is 14.1. The Kier molecular flexibility index (Phi) is 5.40. The zero-order valence-electron chi connectivity index (χ0n) is 11.2. The van der Waals surface area contributed by atoms with Crippen molar-refractivity contribution in [1.29, 1.82) is 0 Å². The number of benzene rings is 2. The largest absolute Gasteiger partial charge is 0.484 e. The second-order valence-corrected chi connectivity index (χ2v) is 5.75. The standard InChI is InChI=1S/C16H16INO2/c1-12-2-4-13(5-3-12)10-18-16(19)11-20-15-8-6-14(17)7-9-15/h2-9H,10-11H2,1H3,(H,18,19). The number of hydrogen-bond acceptors (Lipinski definition) is 2. The van der Waals surface area contributed by atoms with Gasteiger partial charge in [-0.3, -0.25) is 4.79 Å². The Morgan fingerprint density at radius 1 is 1.10 bits per heavy atom. The van der Waals surface area contributed by atoms with Crippen LogP contribution in [0.25, 0.3) is 0 Å². The zero-order valence-corrected chi connectivity index (χ0v) is 13.4. The summed E-state index contributed by atoms with van der Waals surface area (Å²) in [5, 5.41) is 2.83. The van der Waals surface area contributed by atoms with E-state index in [-0.39, 0.29) is 12.5 Å². The SMILES string of the molecule is Cc1ccc(CNC(=O)COc2ccc(I)cc2)cc1. The van der Waals surface area contributed by atoms with Gasteiger partial charge in [-0.2, -0.15) is 0 Å². The van der Waals surface area contributed by atoms with Crippen LogP contribution in [0.2, 0.25) is 0 Å². The third-order valence-electron chi connectivity index (χ3n) is 2.79. The number of amides is 1. The maximum Gasteiger partial charge on any atom is 0.258 e. The van der Waals surface area contributed by atoms with Gasteiger partial charge in [0.1, 0.15) is 5.75 Å². The first-order chi connectivity index (χ1) is 9.63. The van der Waals surface area contributed by atoms with Crippen LogP contribution in [0, 0.1) is 10.5 Å². The number of rotatable bonds is 5. The van der Waals surface area contributed by atoms with E-state index in [2.05, 4.69) is 27.9 Å². The van der Waals surface area contributed by atoms with E-state index in [1.165, 1.54) is 5.56 Å². The van der Waals surface area contributed by atoms with Crippen LogP contribution in [0.3, 0.4) is 0 Å². The van der Waals surface area contributed by atoms with Crippen molar-refractivity contribution >= 4 is 28.5 Å². The van der Waals surface area contributed by atoms with E-state index in [1.807, 2.05) is 55.5 Å². The summed E-state index contributed by atoms with van der Waals surface area (Å²) in [6.45, 7) is 2.60. The molecule has 1 N–H and O–H groups in total. The van der Waals surface area contributed by atoms with E-state index in [0.29, 0.717) is 12.3 Å². The van der Waals surface area contributed by atoms with Gasteiger partial charge in [0.15, 0.2) is 6.61 Å². The molecule has 0 fully saturated rings. The van der Waals surface area contributed by atoms with Crippen molar-refractivity contribution in [3.05, 3.63) is 63.2 Å². The Morgan fingerprint density at radius 2 is 1.75 bits per heavy atom. The molecular formula is C16H16INO2. The monoisotopic (exact) mass is 381 g/mol. The minimum Gasteiger partial charge on any atom is -0.484 e.